The average molecular weight is 499 g/mol. The monoisotopic (exact) mass is 498 g/mol. The summed E-state index contributed by atoms with van der Waals surface area (Å²) in [6, 6.07) is 6.75. The van der Waals surface area contributed by atoms with Gasteiger partial charge < -0.3 is 10.5 Å². The van der Waals surface area contributed by atoms with E-state index in [9.17, 15) is 36.3 Å². The van der Waals surface area contributed by atoms with Gasteiger partial charge in [-0.1, -0.05) is 34.4 Å². The fourth-order valence-electron chi connectivity index (χ4n) is 2.70. The van der Waals surface area contributed by atoms with Gasteiger partial charge in [-0.25, -0.2) is 0 Å². The van der Waals surface area contributed by atoms with Crippen LogP contribution in [0.1, 0.15) is 27.0 Å². The molecule has 4 nitrogen and oxygen atoms in total. The van der Waals surface area contributed by atoms with E-state index in [1.807, 2.05) is 0 Å². The second-order valence-corrected chi connectivity index (χ2v) is 7.40. The van der Waals surface area contributed by atoms with Crippen molar-refractivity contribution in [1.82, 2.24) is 5.32 Å². The van der Waals surface area contributed by atoms with Crippen LogP contribution in [-0.2, 0) is 0 Å². The van der Waals surface area contributed by atoms with Gasteiger partial charge in [-0.15, -0.1) is 0 Å². The van der Waals surface area contributed by atoms with Gasteiger partial charge in [0.05, 0.1) is 5.57 Å². The summed E-state index contributed by atoms with van der Waals surface area (Å²) >= 11 is 11.6. The zero-order chi connectivity index (χ0) is 24.3. The summed E-state index contributed by atoms with van der Waals surface area (Å²) in [5, 5.41) is 13.8. The Labute approximate surface area is 188 Å². The van der Waals surface area contributed by atoms with Gasteiger partial charge in [-0.05, 0) is 54.5 Å². The molecule has 2 aromatic carbocycles. The van der Waals surface area contributed by atoms with Crippen molar-refractivity contribution in [2.45, 2.75) is 19.3 Å². The molecule has 0 spiro atoms. The Balaban J connectivity index is 2.45. The highest BCUT2D eigenvalue weighted by molar-refractivity contribution is 6.35. The molecule has 1 amide bonds. The lowest BCUT2D eigenvalue weighted by Crippen LogP contribution is -2.34. The van der Waals surface area contributed by atoms with Crippen LogP contribution in [0.4, 0.5) is 26.3 Å². The molecule has 0 radical (unpaired) electrons. The Morgan fingerprint density at radius 2 is 1.62 bits per heavy atom. The van der Waals surface area contributed by atoms with Crippen molar-refractivity contribution in [3.05, 3.63) is 74.8 Å². The maximum Gasteiger partial charge on any atom is 0.417 e. The number of oxime groups is 1. The third kappa shape index (κ3) is 6.89. The molecule has 0 saturated heterocycles. The molecular weight excluding hydrogens is 485 g/mol. The van der Waals surface area contributed by atoms with Crippen molar-refractivity contribution >= 4 is 40.4 Å². The number of allylic oxidation sites excluding steroid dienone is 2. The van der Waals surface area contributed by atoms with E-state index in [0.717, 1.165) is 24.3 Å². The Morgan fingerprint density at radius 3 is 2.09 bits per heavy atom. The number of benzene rings is 2. The number of hydrogen-bond acceptors (Lipinski definition) is 3. The smallest absolute Gasteiger partial charge is 0.410 e. The summed E-state index contributed by atoms with van der Waals surface area (Å²) in [5.41, 5.74) is -2.10. The lowest BCUT2D eigenvalue weighted by atomic mass is 9.98. The zero-order valence-electron chi connectivity index (χ0n) is 16.1. The minimum atomic E-state index is -4.88. The summed E-state index contributed by atoms with van der Waals surface area (Å²) in [5.74, 6) is -1.02. The molecule has 0 bridgehead atoms. The van der Waals surface area contributed by atoms with Crippen LogP contribution in [0.25, 0.3) is 5.57 Å². The predicted octanol–water partition coefficient (Wildman–Crippen LogP) is 6.42. The lowest BCUT2D eigenvalue weighted by Gasteiger charge is -2.14. The Bertz CT molecular complexity index is 1060. The van der Waals surface area contributed by atoms with Crippen LogP contribution in [-0.4, -0.2) is 35.7 Å². The van der Waals surface area contributed by atoms with E-state index in [2.05, 4.69) is 5.16 Å². The molecule has 0 fully saturated rings. The minimum absolute atomic E-state index is 0.0211. The number of nitrogens with zero attached hydrogens (tertiary/aromatic N) is 1. The standard InChI is InChI=1S/C20H14Cl2F6N2O2/c1-10-4-11(2-3-15(10)18(31)29-9-19(23,24)25)17(30-32)8-16(20(26,27)28)12-5-13(21)7-14(22)6-12/h2-8,32H,9H2,1H3,(H,29,31)/b16-8-,30-17?. The molecule has 2 aromatic rings. The highest BCUT2D eigenvalue weighted by atomic mass is 35.5. The molecular formula is C20H14Cl2F6N2O2. The number of nitrogens with one attached hydrogen (secondary N) is 1. The van der Waals surface area contributed by atoms with Gasteiger partial charge in [0.25, 0.3) is 5.91 Å². The van der Waals surface area contributed by atoms with Gasteiger partial charge in [-0.3, -0.25) is 4.79 Å². The first-order valence-corrected chi connectivity index (χ1v) is 9.40. The predicted molar refractivity (Wildman–Crippen MR) is 108 cm³/mol. The van der Waals surface area contributed by atoms with Crippen LogP contribution >= 0.6 is 23.2 Å². The molecule has 0 unspecified atom stereocenters. The van der Waals surface area contributed by atoms with E-state index in [1.165, 1.54) is 19.1 Å². The largest absolute Gasteiger partial charge is 0.417 e. The lowest BCUT2D eigenvalue weighted by molar-refractivity contribution is -0.123. The normalized spacial score (nSPS) is 13.3. The number of amides is 1. The number of halogens is 8. The van der Waals surface area contributed by atoms with Crippen LogP contribution in [0.3, 0.4) is 0 Å². The van der Waals surface area contributed by atoms with Crippen molar-refractivity contribution in [3.63, 3.8) is 0 Å². The summed E-state index contributed by atoms with van der Waals surface area (Å²) in [7, 11) is 0. The van der Waals surface area contributed by atoms with Crippen molar-refractivity contribution in [1.29, 1.82) is 0 Å². The average Bonchev–Trinajstić information content (AvgIpc) is 2.64. The topological polar surface area (TPSA) is 61.7 Å². The molecule has 0 aromatic heterocycles. The maximum atomic E-state index is 13.7. The Morgan fingerprint density at radius 1 is 1.03 bits per heavy atom. The molecule has 0 atom stereocenters. The van der Waals surface area contributed by atoms with E-state index in [4.69, 9.17) is 23.2 Å². The van der Waals surface area contributed by atoms with E-state index >= 15 is 0 Å². The molecule has 0 aliphatic rings. The molecule has 0 saturated carbocycles. The fourth-order valence-corrected chi connectivity index (χ4v) is 3.22. The summed E-state index contributed by atoms with van der Waals surface area (Å²) in [4.78, 5) is 11.9. The highest BCUT2D eigenvalue weighted by Crippen LogP contribution is 2.36. The Hall–Kier alpha value is -2.72. The summed E-state index contributed by atoms with van der Waals surface area (Å²) in [6.45, 7) is -0.178. The van der Waals surface area contributed by atoms with Gasteiger partial charge >= 0.3 is 12.4 Å². The molecule has 0 aliphatic carbocycles. The zero-order valence-corrected chi connectivity index (χ0v) is 17.6. The highest BCUT2D eigenvalue weighted by Gasteiger charge is 2.35. The van der Waals surface area contributed by atoms with Crippen LogP contribution in [0.2, 0.25) is 10.0 Å². The number of carbonyl (C=O) groups is 1. The fraction of sp³-hybridized carbons (Fsp3) is 0.200. The molecule has 0 heterocycles. The van der Waals surface area contributed by atoms with Gasteiger partial charge in [0.1, 0.15) is 12.3 Å². The summed E-state index contributed by atoms with van der Waals surface area (Å²) < 4.78 is 77.9. The number of rotatable bonds is 5. The second kappa shape index (κ2) is 9.83. The van der Waals surface area contributed by atoms with E-state index in [-0.39, 0.29) is 32.3 Å². The van der Waals surface area contributed by atoms with E-state index in [0.29, 0.717) is 6.08 Å². The van der Waals surface area contributed by atoms with Crippen LogP contribution in [0.5, 0.6) is 0 Å². The molecule has 0 aliphatic heterocycles. The Kier molecular flexibility index (Phi) is 7.84. The third-order valence-electron chi connectivity index (χ3n) is 4.08. The number of hydrogen-bond donors (Lipinski definition) is 2. The number of aryl methyl sites for hydroxylation is 1. The second-order valence-electron chi connectivity index (χ2n) is 6.53. The molecule has 32 heavy (non-hydrogen) atoms. The van der Waals surface area contributed by atoms with Gasteiger partial charge in [0.15, 0.2) is 0 Å². The van der Waals surface area contributed by atoms with Crippen molar-refractivity contribution in [2.24, 2.45) is 5.16 Å². The molecule has 2 N–H and O–H groups in total. The van der Waals surface area contributed by atoms with Crippen LogP contribution < -0.4 is 5.32 Å². The van der Waals surface area contributed by atoms with E-state index in [1.54, 1.807) is 5.32 Å². The quantitative estimate of drug-likeness (QED) is 0.216. The number of carbonyl (C=O) groups excluding carboxylic acids is 1. The van der Waals surface area contributed by atoms with Gasteiger partial charge in [-0.2, -0.15) is 26.3 Å². The molecule has 2 rings (SSSR count). The van der Waals surface area contributed by atoms with Crippen molar-refractivity contribution < 1.29 is 36.3 Å². The number of alkyl halides is 6. The van der Waals surface area contributed by atoms with Crippen molar-refractivity contribution in [3.8, 4) is 0 Å². The maximum absolute atomic E-state index is 13.7. The van der Waals surface area contributed by atoms with Crippen molar-refractivity contribution in [2.75, 3.05) is 6.54 Å². The van der Waals surface area contributed by atoms with Crippen LogP contribution in [0.15, 0.2) is 47.6 Å². The summed E-state index contributed by atoms with van der Waals surface area (Å²) in [6.07, 6.45) is -8.93. The van der Waals surface area contributed by atoms with Gasteiger partial charge in [0.2, 0.25) is 0 Å². The first kappa shape index (κ1) is 25.5. The first-order valence-electron chi connectivity index (χ1n) is 8.64. The van der Waals surface area contributed by atoms with Crippen LogP contribution in [0, 0.1) is 6.92 Å². The third-order valence-corrected chi connectivity index (χ3v) is 4.52. The van der Waals surface area contributed by atoms with Gasteiger partial charge in [0, 0.05) is 21.2 Å². The first-order chi connectivity index (χ1) is 14.7. The van der Waals surface area contributed by atoms with E-state index < -0.39 is 36.1 Å². The molecule has 12 heteroatoms. The molecule has 172 valence electrons. The minimum Gasteiger partial charge on any atom is -0.410 e. The SMILES string of the molecule is Cc1cc(C(/C=C(/c2cc(Cl)cc(Cl)c2)C(F)(F)F)=NO)ccc1C(=O)NCC(F)(F)F.